The van der Waals surface area contributed by atoms with Crippen molar-refractivity contribution in [3.8, 4) is 17.0 Å². The molecule has 2 aromatic heterocycles. The molecular weight excluding hydrogens is 292 g/mol. The third-order valence-electron chi connectivity index (χ3n) is 3.67. The second-order valence-corrected chi connectivity index (χ2v) is 5.17. The van der Waals surface area contributed by atoms with Gasteiger partial charge in [0.05, 0.1) is 25.5 Å². The summed E-state index contributed by atoms with van der Waals surface area (Å²) >= 11 is 0. The Morgan fingerprint density at radius 2 is 2.13 bits per heavy atom. The number of aryl methyl sites for hydroxylation is 1. The first-order valence-electron chi connectivity index (χ1n) is 7.42. The van der Waals surface area contributed by atoms with E-state index in [0.29, 0.717) is 12.1 Å². The van der Waals surface area contributed by atoms with Crippen LogP contribution in [0.5, 0.6) is 5.75 Å². The highest BCUT2D eigenvalue weighted by Crippen LogP contribution is 2.21. The third kappa shape index (κ3) is 3.15. The Labute approximate surface area is 134 Å². The maximum absolute atomic E-state index is 11.0. The zero-order valence-electron chi connectivity index (χ0n) is 13.1. The summed E-state index contributed by atoms with van der Waals surface area (Å²) in [6, 6.07) is 7.31. The molecule has 0 spiro atoms. The fourth-order valence-electron chi connectivity index (χ4n) is 2.44. The van der Waals surface area contributed by atoms with Crippen molar-refractivity contribution in [3.63, 3.8) is 0 Å². The van der Waals surface area contributed by atoms with Crippen molar-refractivity contribution in [2.45, 2.75) is 20.0 Å². The van der Waals surface area contributed by atoms with E-state index in [4.69, 9.17) is 4.74 Å². The van der Waals surface area contributed by atoms with Crippen LogP contribution in [0.1, 0.15) is 22.8 Å². The molecule has 118 valence electrons. The van der Waals surface area contributed by atoms with Gasteiger partial charge in [0, 0.05) is 35.6 Å². The smallest absolute Gasteiger partial charge is 0.150 e. The molecule has 0 unspecified atom stereocenters. The van der Waals surface area contributed by atoms with Crippen LogP contribution in [0.3, 0.4) is 0 Å². The van der Waals surface area contributed by atoms with Crippen LogP contribution in [0.4, 0.5) is 0 Å². The fourth-order valence-corrected chi connectivity index (χ4v) is 2.44. The van der Waals surface area contributed by atoms with Crippen LogP contribution in [0.15, 0.2) is 42.9 Å². The monoisotopic (exact) mass is 310 g/mol. The molecule has 3 rings (SSSR count). The SMILES string of the molecule is CCn1cc(-c2ccn(Cc3cc(C=O)ccc3OC)n2)cn1. The molecule has 0 saturated carbocycles. The summed E-state index contributed by atoms with van der Waals surface area (Å²) in [6.45, 7) is 3.41. The molecule has 6 nitrogen and oxygen atoms in total. The molecular formula is C17H18N4O2. The molecule has 0 aliphatic rings. The van der Waals surface area contributed by atoms with Gasteiger partial charge in [0.15, 0.2) is 0 Å². The molecule has 0 N–H and O–H groups in total. The van der Waals surface area contributed by atoms with E-state index in [1.54, 1.807) is 19.2 Å². The molecule has 23 heavy (non-hydrogen) atoms. The topological polar surface area (TPSA) is 61.9 Å². The van der Waals surface area contributed by atoms with Gasteiger partial charge in [0.2, 0.25) is 0 Å². The van der Waals surface area contributed by atoms with Crippen molar-refractivity contribution in [3.05, 3.63) is 54.0 Å². The number of aromatic nitrogens is 4. The summed E-state index contributed by atoms with van der Waals surface area (Å²) in [5.74, 6) is 0.742. The number of nitrogens with zero attached hydrogens (tertiary/aromatic N) is 4. The average Bonchev–Trinajstić information content (AvgIpc) is 3.23. The van der Waals surface area contributed by atoms with E-state index in [0.717, 1.165) is 35.4 Å². The van der Waals surface area contributed by atoms with Crippen molar-refractivity contribution >= 4 is 6.29 Å². The maximum Gasteiger partial charge on any atom is 0.150 e. The predicted octanol–water partition coefficient (Wildman–Crippen LogP) is 2.64. The number of rotatable bonds is 6. The van der Waals surface area contributed by atoms with Crippen LogP contribution in [0.2, 0.25) is 0 Å². The van der Waals surface area contributed by atoms with Crippen LogP contribution >= 0.6 is 0 Å². The van der Waals surface area contributed by atoms with Gasteiger partial charge in [-0.1, -0.05) is 0 Å². The van der Waals surface area contributed by atoms with Gasteiger partial charge in [-0.05, 0) is 31.2 Å². The summed E-state index contributed by atoms with van der Waals surface area (Å²) < 4.78 is 9.05. The molecule has 0 aliphatic heterocycles. The lowest BCUT2D eigenvalue weighted by molar-refractivity contribution is 0.112. The fraction of sp³-hybridized carbons (Fsp3) is 0.235. The molecule has 0 radical (unpaired) electrons. The van der Waals surface area contributed by atoms with E-state index >= 15 is 0 Å². The molecule has 0 saturated heterocycles. The van der Waals surface area contributed by atoms with E-state index in [9.17, 15) is 4.79 Å². The predicted molar refractivity (Wildman–Crippen MR) is 86.6 cm³/mol. The van der Waals surface area contributed by atoms with Gasteiger partial charge in [-0.3, -0.25) is 14.2 Å². The summed E-state index contributed by atoms with van der Waals surface area (Å²) in [7, 11) is 1.62. The molecule has 0 amide bonds. The zero-order chi connectivity index (χ0) is 16.2. The first kappa shape index (κ1) is 15.0. The lowest BCUT2D eigenvalue weighted by Crippen LogP contribution is -2.03. The number of aldehydes is 1. The number of hydrogen-bond donors (Lipinski definition) is 0. The Morgan fingerprint density at radius 1 is 1.26 bits per heavy atom. The lowest BCUT2D eigenvalue weighted by atomic mass is 10.1. The highest BCUT2D eigenvalue weighted by Gasteiger charge is 2.09. The highest BCUT2D eigenvalue weighted by molar-refractivity contribution is 5.75. The molecule has 1 aromatic carbocycles. The van der Waals surface area contributed by atoms with Crippen LogP contribution < -0.4 is 4.74 Å². The van der Waals surface area contributed by atoms with Crippen molar-refractivity contribution in [1.29, 1.82) is 0 Å². The van der Waals surface area contributed by atoms with E-state index in [2.05, 4.69) is 10.2 Å². The number of ether oxygens (including phenoxy) is 1. The largest absolute Gasteiger partial charge is 0.496 e. The molecule has 0 aliphatic carbocycles. The van der Waals surface area contributed by atoms with E-state index < -0.39 is 0 Å². The first-order chi connectivity index (χ1) is 11.2. The molecule has 0 fully saturated rings. The van der Waals surface area contributed by atoms with E-state index in [-0.39, 0.29) is 0 Å². The second-order valence-electron chi connectivity index (χ2n) is 5.17. The van der Waals surface area contributed by atoms with Crippen LogP contribution in [-0.4, -0.2) is 33.0 Å². The minimum absolute atomic E-state index is 0.534. The number of hydrogen-bond acceptors (Lipinski definition) is 4. The number of carbonyl (C=O) groups is 1. The number of benzene rings is 1. The van der Waals surface area contributed by atoms with Crippen molar-refractivity contribution in [1.82, 2.24) is 19.6 Å². The zero-order valence-corrected chi connectivity index (χ0v) is 13.1. The Morgan fingerprint density at radius 3 is 2.83 bits per heavy atom. The molecule has 2 heterocycles. The number of carbonyl (C=O) groups excluding carboxylic acids is 1. The second kappa shape index (κ2) is 6.48. The average molecular weight is 310 g/mol. The minimum atomic E-state index is 0.534. The Hall–Kier alpha value is -2.89. The van der Waals surface area contributed by atoms with Gasteiger partial charge in [-0.15, -0.1) is 0 Å². The van der Waals surface area contributed by atoms with Gasteiger partial charge in [0.1, 0.15) is 12.0 Å². The Kier molecular flexibility index (Phi) is 4.23. The molecule has 0 atom stereocenters. The van der Waals surface area contributed by atoms with Crippen molar-refractivity contribution in [2.24, 2.45) is 0 Å². The minimum Gasteiger partial charge on any atom is -0.496 e. The van der Waals surface area contributed by atoms with Gasteiger partial charge in [-0.25, -0.2) is 0 Å². The summed E-state index contributed by atoms with van der Waals surface area (Å²) in [6.07, 6.45) is 6.52. The van der Waals surface area contributed by atoms with Crippen molar-refractivity contribution in [2.75, 3.05) is 7.11 Å². The molecule has 0 bridgehead atoms. The van der Waals surface area contributed by atoms with Gasteiger partial charge >= 0.3 is 0 Å². The summed E-state index contributed by atoms with van der Waals surface area (Å²) in [4.78, 5) is 11.0. The Balaban J connectivity index is 1.85. The lowest BCUT2D eigenvalue weighted by Gasteiger charge is -2.09. The molecule has 6 heteroatoms. The first-order valence-corrected chi connectivity index (χ1v) is 7.42. The van der Waals surface area contributed by atoms with Crippen LogP contribution in [0, 0.1) is 0 Å². The maximum atomic E-state index is 11.0. The normalized spacial score (nSPS) is 10.7. The van der Waals surface area contributed by atoms with Crippen LogP contribution in [0.25, 0.3) is 11.3 Å². The Bertz CT molecular complexity index is 820. The third-order valence-corrected chi connectivity index (χ3v) is 3.67. The van der Waals surface area contributed by atoms with Gasteiger partial charge in [-0.2, -0.15) is 10.2 Å². The standard InChI is InChI=1S/C17H18N4O2/c1-3-20-11-15(9-18-20)16-6-7-21(19-16)10-14-8-13(12-22)4-5-17(14)23-2/h4-9,11-12H,3,10H2,1-2H3. The van der Waals surface area contributed by atoms with Crippen LogP contribution in [-0.2, 0) is 13.1 Å². The van der Waals surface area contributed by atoms with Crippen molar-refractivity contribution < 1.29 is 9.53 Å². The number of methoxy groups -OCH3 is 1. The van der Waals surface area contributed by atoms with Gasteiger partial charge in [0.25, 0.3) is 0 Å². The quantitative estimate of drug-likeness (QED) is 0.657. The van der Waals surface area contributed by atoms with E-state index in [1.807, 2.05) is 47.0 Å². The van der Waals surface area contributed by atoms with E-state index in [1.165, 1.54) is 0 Å². The van der Waals surface area contributed by atoms with Gasteiger partial charge < -0.3 is 4.74 Å². The molecule has 3 aromatic rings. The summed E-state index contributed by atoms with van der Waals surface area (Å²) in [5.41, 5.74) is 3.39. The summed E-state index contributed by atoms with van der Waals surface area (Å²) in [5, 5.41) is 8.84. The highest BCUT2D eigenvalue weighted by atomic mass is 16.5.